The maximum absolute atomic E-state index is 11.3. The number of carbonyl (C=O) groups is 2. The zero-order valence-electron chi connectivity index (χ0n) is 8.99. The third kappa shape index (κ3) is 2.34. The molecule has 0 bridgehead atoms. The minimum atomic E-state index is -1.24. The molecule has 2 aromatic heterocycles. The average Bonchev–Trinajstić information content (AvgIpc) is 2.97. The van der Waals surface area contributed by atoms with E-state index in [1.165, 1.54) is 22.7 Å². The van der Waals surface area contributed by atoms with Crippen molar-refractivity contribution in [1.82, 2.24) is 0 Å². The molecule has 0 spiro atoms. The van der Waals surface area contributed by atoms with Crippen molar-refractivity contribution in [1.29, 1.82) is 0 Å². The minimum absolute atomic E-state index is 0.179. The van der Waals surface area contributed by atoms with Crippen LogP contribution in [0.2, 0.25) is 0 Å². The number of hydrogen-bond acceptors (Lipinski definition) is 4. The predicted molar refractivity (Wildman–Crippen MR) is 70.7 cm³/mol. The summed E-state index contributed by atoms with van der Waals surface area (Å²) in [5, 5.41) is 25.2. The molecule has 2 rings (SSSR count). The molecule has 0 unspecified atom stereocenters. The molecule has 0 saturated carbocycles. The summed E-state index contributed by atoms with van der Waals surface area (Å²) >= 11 is 2.65. The van der Waals surface area contributed by atoms with E-state index in [9.17, 15) is 19.8 Å². The van der Waals surface area contributed by atoms with Crippen molar-refractivity contribution < 1.29 is 19.8 Å². The molecule has 0 aliphatic carbocycles. The molecule has 0 saturated heterocycles. The summed E-state index contributed by atoms with van der Waals surface area (Å²) in [4.78, 5) is 22.7. The molecular formula is C12H8O4S2. The van der Waals surface area contributed by atoms with Gasteiger partial charge in [-0.15, -0.1) is 0 Å². The third-order valence-corrected chi connectivity index (χ3v) is 3.66. The number of aliphatic carboxylic acids is 2. The Kier molecular flexibility index (Phi) is 3.59. The Bertz CT molecular complexity index is 540. The van der Waals surface area contributed by atoms with Gasteiger partial charge in [-0.25, -0.2) is 9.59 Å². The monoisotopic (exact) mass is 280 g/mol. The Morgan fingerprint density at radius 1 is 0.833 bits per heavy atom. The van der Waals surface area contributed by atoms with Crippen LogP contribution in [-0.2, 0) is 9.59 Å². The fraction of sp³-hybridized carbons (Fsp3) is 0. The van der Waals surface area contributed by atoms with Gasteiger partial charge in [0, 0.05) is 11.1 Å². The van der Waals surface area contributed by atoms with Crippen LogP contribution in [0.15, 0.2) is 33.7 Å². The van der Waals surface area contributed by atoms with Gasteiger partial charge in [0.2, 0.25) is 0 Å². The lowest BCUT2D eigenvalue weighted by atomic mass is 9.98. The normalized spacial score (nSPS) is 12.0. The first kappa shape index (κ1) is 12.5. The molecule has 0 atom stereocenters. The van der Waals surface area contributed by atoms with E-state index in [-0.39, 0.29) is 11.1 Å². The van der Waals surface area contributed by atoms with Gasteiger partial charge in [-0.3, -0.25) is 0 Å². The van der Waals surface area contributed by atoms with Crippen molar-refractivity contribution in [2.75, 3.05) is 0 Å². The van der Waals surface area contributed by atoms with E-state index in [4.69, 9.17) is 0 Å². The highest BCUT2D eigenvalue weighted by Crippen LogP contribution is 2.29. The van der Waals surface area contributed by atoms with Crippen LogP contribution in [0.25, 0.3) is 11.1 Å². The smallest absolute Gasteiger partial charge is 0.337 e. The molecule has 2 heterocycles. The zero-order chi connectivity index (χ0) is 13.1. The Balaban J connectivity index is 2.71. The molecule has 0 aromatic carbocycles. The van der Waals surface area contributed by atoms with E-state index >= 15 is 0 Å². The van der Waals surface area contributed by atoms with Crippen molar-refractivity contribution in [2.24, 2.45) is 0 Å². The van der Waals surface area contributed by atoms with Crippen molar-refractivity contribution in [2.45, 2.75) is 0 Å². The minimum Gasteiger partial charge on any atom is -0.478 e. The Hall–Kier alpha value is -1.92. The van der Waals surface area contributed by atoms with Crippen LogP contribution in [0.5, 0.6) is 0 Å². The van der Waals surface area contributed by atoms with Crippen molar-refractivity contribution in [3.63, 3.8) is 0 Å². The predicted octanol–water partition coefficient (Wildman–Crippen LogP) is 2.89. The van der Waals surface area contributed by atoms with E-state index in [0.29, 0.717) is 11.1 Å². The van der Waals surface area contributed by atoms with Crippen molar-refractivity contribution >= 4 is 45.8 Å². The van der Waals surface area contributed by atoms with Crippen LogP contribution in [0.1, 0.15) is 11.1 Å². The van der Waals surface area contributed by atoms with Crippen LogP contribution in [0.3, 0.4) is 0 Å². The second-order valence-electron chi connectivity index (χ2n) is 3.38. The van der Waals surface area contributed by atoms with Gasteiger partial charge in [-0.1, -0.05) is 0 Å². The second-order valence-corrected chi connectivity index (χ2v) is 4.94. The quantitative estimate of drug-likeness (QED) is 0.844. The summed E-state index contributed by atoms with van der Waals surface area (Å²) in [7, 11) is 0. The molecular weight excluding hydrogens is 272 g/mol. The fourth-order valence-corrected chi connectivity index (χ4v) is 2.86. The van der Waals surface area contributed by atoms with Crippen molar-refractivity contribution in [3.8, 4) is 0 Å². The van der Waals surface area contributed by atoms with Gasteiger partial charge in [0.05, 0.1) is 11.1 Å². The molecule has 92 valence electrons. The molecule has 4 nitrogen and oxygen atoms in total. The highest BCUT2D eigenvalue weighted by Gasteiger charge is 2.23. The second kappa shape index (κ2) is 5.16. The van der Waals surface area contributed by atoms with Gasteiger partial charge in [-0.2, -0.15) is 22.7 Å². The Labute approximate surface area is 110 Å². The summed E-state index contributed by atoms with van der Waals surface area (Å²) in [5.41, 5.74) is 0.469. The summed E-state index contributed by atoms with van der Waals surface area (Å²) in [6.45, 7) is 0. The Morgan fingerprint density at radius 2 is 1.22 bits per heavy atom. The number of carboxylic acid groups (broad SMARTS) is 2. The van der Waals surface area contributed by atoms with Gasteiger partial charge in [-0.05, 0) is 33.7 Å². The summed E-state index contributed by atoms with van der Waals surface area (Å²) in [6.07, 6.45) is 0. The highest BCUT2D eigenvalue weighted by atomic mass is 32.1. The molecule has 18 heavy (non-hydrogen) atoms. The maximum Gasteiger partial charge on any atom is 0.337 e. The lowest BCUT2D eigenvalue weighted by Gasteiger charge is -2.06. The average molecular weight is 280 g/mol. The lowest BCUT2D eigenvalue weighted by molar-refractivity contribution is -0.132. The maximum atomic E-state index is 11.3. The number of thiophene rings is 2. The van der Waals surface area contributed by atoms with Crippen LogP contribution in [0.4, 0.5) is 0 Å². The first-order valence-corrected chi connectivity index (χ1v) is 6.76. The lowest BCUT2D eigenvalue weighted by Crippen LogP contribution is -2.09. The van der Waals surface area contributed by atoms with E-state index in [0.717, 1.165) is 0 Å². The van der Waals surface area contributed by atoms with E-state index in [1.807, 2.05) is 0 Å². The van der Waals surface area contributed by atoms with Crippen molar-refractivity contribution in [3.05, 3.63) is 44.8 Å². The molecule has 0 aliphatic heterocycles. The Morgan fingerprint density at radius 3 is 1.44 bits per heavy atom. The van der Waals surface area contributed by atoms with Crippen LogP contribution in [-0.4, -0.2) is 22.2 Å². The van der Waals surface area contributed by atoms with Gasteiger partial charge >= 0.3 is 11.9 Å². The fourth-order valence-electron chi connectivity index (χ4n) is 1.56. The van der Waals surface area contributed by atoms with Gasteiger partial charge in [0.25, 0.3) is 0 Å². The van der Waals surface area contributed by atoms with E-state index < -0.39 is 11.9 Å². The van der Waals surface area contributed by atoms with Crippen LogP contribution < -0.4 is 0 Å². The SMILES string of the molecule is O=C(O)/C(=C(/C(=O)O)c1ccsc1)c1ccsc1. The largest absolute Gasteiger partial charge is 0.478 e. The highest BCUT2D eigenvalue weighted by molar-refractivity contribution is 7.08. The molecule has 2 aromatic rings. The molecule has 0 aliphatic rings. The molecule has 6 heteroatoms. The molecule has 0 fully saturated rings. The summed E-state index contributed by atoms with van der Waals surface area (Å²) in [5.74, 6) is -2.48. The standard InChI is InChI=1S/C12H8O4S2/c13-11(14)9(7-1-3-17-5-7)10(12(15)16)8-2-4-18-6-8/h1-6H,(H,13,14)(H,15,16)/b10-9+. The van der Waals surface area contributed by atoms with Gasteiger partial charge in [0.15, 0.2) is 0 Å². The third-order valence-electron chi connectivity index (χ3n) is 2.30. The van der Waals surface area contributed by atoms with E-state index in [2.05, 4.69) is 0 Å². The van der Waals surface area contributed by atoms with Gasteiger partial charge in [0.1, 0.15) is 0 Å². The zero-order valence-corrected chi connectivity index (χ0v) is 10.6. The molecule has 0 amide bonds. The summed E-state index contributed by atoms with van der Waals surface area (Å²) in [6, 6.07) is 3.20. The summed E-state index contributed by atoms with van der Waals surface area (Å²) < 4.78 is 0. The number of hydrogen-bond donors (Lipinski definition) is 2. The number of rotatable bonds is 4. The number of carboxylic acids is 2. The van der Waals surface area contributed by atoms with Gasteiger partial charge < -0.3 is 10.2 Å². The topological polar surface area (TPSA) is 74.6 Å². The first-order valence-electron chi connectivity index (χ1n) is 4.87. The first-order chi connectivity index (χ1) is 8.61. The van der Waals surface area contributed by atoms with Crippen LogP contribution in [0, 0.1) is 0 Å². The molecule has 2 N–H and O–H groups in total. The van der Waals surface area contributed by atoms with Crippen LogP contribution >= 0.6 is 22.7 Å². The van der Waals surface area contributed by atoms with E-state index in [1.54, 1.807) is 33.7 Å². The molecule has 0 radical (unpaired) electrons.